The van der Waals surface area contributed by atoms with Gasteiger partial charge >= 0.3 is 0 Å². The summed E-state index contributed by atoms with van der Waals surface area (Å²) in [5.41, 5.74) is 3.68. The highest BCUT2D eigenvalue weighted by molar-refractivity contribution is 7.90. The maximum atomic E-state index is 12.9. The largest absolute Gasteiger partial charge is 0.345 e. The van der Waals surface area contributed by atoms with Crippen molar-refractivity contribution in [2.75, 3.05) is 6.26 Å². The van der Waals surface area contributed by atoms with Gasteiger partial charge in [0.25, 0.3) is 5.91 Å². The summed E-state index contributed by atoms with van der Waals surface area (Å²) < 4.78 is 24.9. The quantitative estimate of drug-likeness (QED) is 0.716. The number of nitrogens with one attached hydrogen (secondary N) is 1. The van der Waals surface area contributed by atoms with Crippen LogP contribution in [0.1, 0.15) is 40.3 Å². The minimum absolute atomic E-state index is 0.211. The molecule has 2 aromatic carbocycles. The van der Waals surface area contributed by atoms with Gasteiger partial charge in [-0.25, -0.2) is 13.1 Å². The van der Waals surface area contributed by atoms with Gasteiger partial charge in [0.15, 0.2) is 9.84 Å². The van der Waals surface area contributed by atoms with E-state index in [1.165, 1.54) is 6.26 Å². The van der Waals surface area contributed by atoms with Crippen molar-refractivity contribution in [3.63, 3.8) is 0 Å². The number of nitrogens with zero attached hydrogens (tertiary/aromatic N) is 2. The number of para-hydroxylation sites is 1. The van der Waals surface area contributed by atoms with Crippen molar-refractivity contribution in [2.24, 2.45) is 0 Å². The van der Waals surface area contributed by atoms with Crippen LogP contribution in [0.15, 0.2) is 59.5 Å². The molecular weight excluding hydrogens is 374 g/mol. The molecule has 0 bridgehead atoms. The smallest absolute Gasteiger partial charge is 0.255 e. The summed E-state index contributed by atoms with van der Waals surface area (Å²) in [6.45, 7) is 5.54. The van der Waals surface area contributed by atoms with Crippen LogP contribution in [0.25, 0.3) is 5.69 Å². The van der Waals surface area contributed by atoms with Crippen molar-refractivity contribution in [3.8, 4) is 5.69 Å². The molecule has 1 amide bonds. The first-order valence-electron chi connectivity index (χ1n) is 8.91. The number of carbonyl (C=O) groups is 1. The fourth-order valence-corrected chi connectivity index (χ4v) is 3.78. The van der Waals surface area contributed by atoms with Gasteiger partial charge in [-0.1, -0.05) is 30.3 Å². The van der Waals surface area contributed by atoms with Gasteiger partial charge in [-0.3, -0.25) is 4.79 Å². The molecule has 0 spiro atoms. The second-order valence-corrected chi connectivity index (χ2v) is 8.85. The number of sulfone groups is 1. The third kappa shape index (κ3) is 3.99. The van der Waals surface area contributed by atoms with Gasteiger partial charge in [-0.05, 0) is 50.6 Å². The Morgan fingerprint density at radius 2 is 1.64 bits per heavy atom. The van der Waals surface area contributed by atoms with Crippen LogP contribution >= 0.6 is 0 Å². The Morgan fingerprint density at radius 3 is 2.21 bits per heavy atom. The molecule has 0 saturated heterocycles. The van der Waals surface area contributed by atoms with E-state index in [-0.39, 0.29) is 16.8 Å². The summed E-state index contributed by atoms with van der Waals surface area (Å²) in [4.78, 5) is 13.1. The molecule has 1 N–H and O–H groups in total. The molecule has 1 heterocycles. The van der Waals surface area contributed by atoms with Gasteiger partial charge < -0.3 is 5.32 Å². The van der Waals surface area contributed by atoms with Crippen LogP contribution in [0, 0.1) is 13.8 Å². The van der Waals surface area contributed by atoms with Crippen LogP contribution in [0.2, 0.25) is 0 Å². The zero-order chi connectivity index (χ0) is 20.5. The highest BCUT2D eigenvalue weighted by Gasteiger charge is 2.21. The van der Waals surface area contributed by atoms with Crippen molar-refractivity contribution in [1.82, 2.24) is 15.1 Å². The lowest BCUT2D eigenvalue weighted by Crippen LogP contribution is -2.27. The molecule has 0 aliphatic carbocycles. The van der Waals surface area contributed by atoms with E-state index in [2.05, 4.69) is 10.4 Å². The predicted octanol–water partition coefficient (Wildman–Crippen LogP) is 3.38. The molecular formula is C21H23N3O3S. The molecule has 3 rings (SSSR count). The van der Waals surface area contributed by atoms with Crippen LogP contribution in [0.4, 0.5) is 0 Å². The molecule has 0 aliphatic rings. The van der Waals surface area contributed by atoms with E-state index in [4.69, 9.17) is 0 Å². The minimum atomic E-state index is -3.24. The number of hydrogen-bond donors (Lipinski definition) is 1. The average molecular weight is 398 g/mol. The number of aryl methyl sites for hydroxylation is 1. The predicted molar refractivity (Wildman–Crippen MR) is 108 cm³/mol. The zero-order valence-corrected chi connectivity index (χ0v) is 17.1. The normalized spacial score (nSPS) is 12.6. The van der Waals surface area contributed by atoms with Gasteiger partial charge in [-0.2, -0.15) is 5.10 Å². The summed E-state index contributed by atoms with van der Waals surface area (Å²) in [5, 5.41) is 7.48. The first-order valence-corrected chi connectivity index (χ1v) is 10.8. The fourth-order valence-electron chi connectivity index (χ4n) is 3.15. The summed E-state index contributed by atoms with van der Waals surface area (Å²) >= 11 is 0. The Bertz CT molecular complexity index is 1100. The molecule has 0 radical (unpaired) electrons. The minimum Gasteiger partial charge on any atom is -0.345 e. The van der Waals surface area contributed by atoms with Gasteiger partial charge in [0, 0.05) is 6.26 Å². The third-order valence-electron chi connectivity index (χ3n) is 4.67. The monoisotopic (exact) mass is 397 g/mol. The number of carbonyl (C=O) groups excluding carboxylic acids is 1. The lowest BCUT2D eigenvalue weighted by Gasteiger charge is -2.15. The molecule has 0 saturated carbocycles. The number of hydrogen-bond acceptors (Lipinski definition) is 4. The maximum Gasteiger partial charge on any atom is 0.255 e. The Hall–Kier alpha value is -2.93. The highest BCUT2D eigenvalue weighted by atomic mass is 32.2. The maximum absolute atomic E-state index is 12.9. The summed E-state index contributed by atoms with van der Waals surface area (Å²) in [7, 11) is -3.24. The SMILES string of the molecule is Cc1nn(-c2ccccc2)c(C)c1C(=O)NC(C)c1ccc(S(C)(=O)=O)cc1. The first kappa shape index (κ1) is 19.8. The van der Waals surface area contributed by atoms with Crippen molar-refractivity contribution in [1.29, 1.82) is 0 Å². The molecule has 0 fully saturated rings. The molecule has 1 atom stereocenters. The zero-order valence-electron chi connectivity index (χ0n) is 16.3. The van der Waals surface area contributed by atoms with Crippen molar-refractivity contribution >= 4 is 15.7 Å². The van der Waals surface area contributed by atoms with Crippen LogP contribution in [0.5, 0.6) is 0 Å². The number of benzene rings is 2. The van der Waals surface area contributed by atoms with Gasteiger partial charge in [0.2, 0.25) is 0 Å². The van der Waals surface area contributed by atoms with E-state index >= 15 is 0 Å². The third-order valence-corrected chi connectivity index (χ3v) is 5.80. The molecule has 146 valence electrons. The fraction of sp³-hybridized carbons (Fsp3) is 0.238. The van der Waals surface area contributed by atoms with E-state index in [0.29, 0.717) is 11.3 Å². The Balaban J connectivity index is 1.82. The first-order chi connectivity index (χ1) is 13.2. The molecule has 6 nitrogen and oxygen atoms in total. The summed E-state index contributed by atoms with van der Waals surface area (Å²) in [5.74, 6) is -0.211. The van der Waals surface area contributed by atoms with Crippen LogP contribution in [-0.2, 0) is 9.84 Å². The topological polar surface area (TPSA) is 81.1 Å². The standard InChI is InChI=1S/C21H23N3O3S/c1-14(17-10-12-19(13-11-17)28(4,26)27)22-21(25)20-15(2)23-24(16(20)3)18-8-6-5-7-9-18/h5-14H,1-4H3,(H,22,25). The highest BCUT2D eigenvalue weighted by Crippen LogP contribution is 2.20. The van der Waals surface area contributed by atoms with Crippen molar-refractivity contribution < 1.29 is 13.2 Å². The van der Waals surface area contributed by atoms with E-state index in [0.717, 1.165) is 16.9 Å². The van der Waals surface area contributed by atoms with E-state index in [9.17, 15) is 13.2 Å². The van der Waals surface area contributed by atoms with Gasteiger partial charge in [0.05, 0.1) is 33.6 Å². The van der Waals surface area contributed by atoms with E-state index < -0.39 is 9.84 Å². The molecule has 0 aliphatic heterocycles. The van der Waals surface area contributed by atoms with Crippen LogP contribution in [-0.4, -0.2) is 30.4 Å². The molecule has 3 aromatic rings. The second-order valence-electron chi connectivity index (χ2n) is 6.83. The van der Waals surface area contributed by atoms with Gasteiger partial charge in [0.1, 0.15) is 0 Å². The Kier molecular flexibility index (Phi) is 5.38. The molecule has 1 aromatic heterocycles. The van der Waals surface area contributed by atoms with Crippen molar-refractivity contribution in [3.05, 3.63) is 77.1 Å². The average Bonchev–Trinajstić information content (AvgIpc) is 2.96. The lowest BCUT2D eigenvalue weighted by atomic mass is 10.1. The summed E-state index contributed by atoms with van der Waals surface area (Å²) in [6.07, 6.45) is 1.17. The Morgan fingerprint density at radius 1 is 1.04 bits per heavy atom. The Labute approximate surface area is 165 Å². The van der Waals surface area contributed by atoms with E-state index in [1.54, 1.807) is 28.9 Å². The number of amides is 1. The number of aromatic nitrogens is 2. The lowest BCUT2D eigenvalue weighted by molar-refractivity contribution is 0.0938. The molecule has 28 heavy (non-hydrogen) atoms. The van der Waals surface area contributed by atoms with E-state index in [1.807, 2.05) is 51.1 Å². The number of rotatable bonds is 5. The van der Waals surface area contributed by atoms with Crippen LogP contribution in [0.3, 0.4) is 0 Å². The van der Waals surface area contributed by atoms with Crippen molar-refractivity contribution in [2.45, 2.75) is 31.7 Å². The van der Waals surface area contributed by atoms with Gasteiger partial charge in [-0.15, -0.1) is 0 Å². The second kappa shape index (κ2) is 7.59. The van der Waals surface area contributed by atoms with Crippen LogP contribution < -0.4 is 5.32 Å². The molecule has 1 unspecified atom stereocenters. The molecule has 7 heteroatoms. The summed E-state index contributed by atoms with van der Waals surface area (Å²) in [6, 6.07) is 15.9.